The molecule has 4 atom stereocenters. The lowest BCUT2D eigenvalue weighted by molar-refractivity contribution is 0.0415. The van der Waals surface area contributed by atoms with Gasteiger partial charge in [0.2, 0.25) is 0 Å². The number of ether oxygens (including phenoxy) is 1. The highest BCUT2D eigenvalue weighted by Crippen LogP contribution is 2.59. The lowest BCUT2D eigenvalue weighted by Crippen LogP contribution is -2.33. The molecule has 0 aliphatic carbocycles. The van der Waals surface area contributed by atoms with Crippen molar-refractivity contribution in [3.63, 3.8) is 0 Å². The molecule has 0 saturated carbocycles. The molecule has 0 radical (unpaired) electrons. The van der Waals surface area contributed by atoms with Crippen LogP contribution in [0.4, 0.5) is 0 Å². The topological polar surface area (TPSA) is 91.0 Å². The Bertz CT molecular complexity index is 477. The molecule has 0 spiro atoms. The van der Waals surface area contributed by atoms with E-state index < -0.39 is 6.80 Å². The number of aliphatic hydroxyl groups excluding tert-OH is 1. The molecule has 0 aromatic rings. The SMILES string of the molecule is B[C@H]1CC(N)[C@@H](COP(=O)(OCCCCCCCCCCCCCCCCO)SC)O1. The van der Waals surface area contributed by atoms with Crippen molar-refractivity contribution in [1.29, 1.82) is 0 Å². The van der Waals surface area contributed by atoms with E-state index >= 15 is 0 Å². The van der Waals surface area contributed by atoms with Crippen molar-refractivity contribution in [3.05, 3.63) is 0 Å². The summed E-state index contributed by atoms with van der Waals surface area (Å²) in [6.07, 6.45) is 19.6. The van der Waals surface area contributed by atoms with Crippen molar-refractivity contribution in [2.24, 2.45) is 5.73 Å². The molecular weight excluding hydrogens is 432 g/mol. The molecule has 1 saturated heterocycles. The Morgan fingerprint density at radius 3 is 1.84 bits per heavy atom. The molecule has 1 aliphatic heterocycles. The maximum atomic E-state index is 12.7. The fourth-order valence-electron chi connectivity index (χ4n) is 3.97. The summed E-state index contributed by atoms with van der Waals surface area (Å²) in [7, 11) is 1.99. The molecule has 0 aromatic heterocycles. The van der Waals surface area contributed by atoms with E-state index in [-0.39, 0.29) is 24.8 Å². The summed E-state index contributed by atoms with van der Waals surface area (Å²) in [5.74, 6) is 0. The van der Waals surface area contributed by atoms with Gasteiger partial charge in [0.25, 0.3) is 0 Å². The van der Waals surface area contributed by atoms with Crippen molar-refractivity contribution >= 4 is 26.0 Å². The van der Waals surface area contributed by atoms with Crippen molar-refractivity contribution in [2.45, 2.75) is 114 Å². The molecule has 0 aromatic carbocycles. The van der Waals surface area contributed by atoms with Crippen LogP contribution < -0.4 is 5.73 Å². The van der Waals surface area contributed by atoms with Crippen LogP contribution in [0.5, 0.6) is 0 Å². The highest BCUT2D eigenvalue weighted by molar-refractivity contribution is 8.54. The Hall–Kier alpha value is 0.445. The summed E-state index contributed by atoms with van der Waals surface area (Å²) in [6.45, 7) is -2.07. The van der Waals surface area contributed by atoms with Crippen LogP contribution in [0, 0.1) is 0 Å². The van der Waals surface area contributed by atoms with Gasteiger partial charge in [0.1, 0.15) is 7.85 Å². The zero-order chi connectivity index (χ0) is 22.8. The van der Waals surface area contributed by atoms with E-state index in [1.807, 2.05) is 7.85 Å². The summed E-state index contributed by atoms with van der Waals surface area (Å²) in [5, 5.41) is 8.75. The van der Waals surface area contributed by atoms with Gasteiger partial charge in [-0.05, 0) is 36.9 Å². The van der Waals surface area contributed by atoms with Crippen LogP contribution in [0.15, 0.2) is 0 Å². The Labute approximate surface area is 195 Å². The fourth-order valence-corrected chi connectivity index (χ4v) is 5.98. The molecule has 0 amide bonds. The van der Waals surface area contributed by atoms with Crippen LogP contribution in [0.2, 0.25) is 0 Å². The number of hydrogen-bond acceptors (Lipinski definition) is 7. The zero-order valence-electron chi connectivity index (χ0n) is 20.0. The van der Waals surface area contributed by atoms with Crippen LogP contribution in [0.3, 0.4) is 0 Å². The van der Waals surface area contributed by atoms with Crippen LogP contribution >= 0.6 is 18.2 Å². The van der Waals surface area contributed by atoms with Gasteiger partial charge in [0, 0.05) is 18.7 Å². The number of rotatable bonds is 21. The predicted molar refractivity (Wildman–Crippen MR) is 135 cm³/mol. The number of aliphatic hydroxyl groups is 1. The summed E-state index contributed by atoms with van der Waals surface area (Å²) < 4.78 is 29.6. The van der Waals surface area contributed by atoms with Gasteiger partial charge in [0.15, 0.2) is 0 Å². The second kappa shape index (κ2) is 18.8. The van der Waals surface area contributed by atoms with Crippen molar-refractivity contribution < 1.29 is 23.5 Å². The minimum atomic E-state index is -3.12. The lowest BCUT2D eigenvalue weighted by atomic mass is 9.95. The highest BCUT2D eigenvalue weighted by atomic mass is 32.7. The summed E-state index contributed by atoms with van der Waals surface area (Å²) in [4.78, 5) is 0. The average molecular weight is 479 g/mol. The molecule has 1 fully saturated rings. The first-order chi connectivity index (χ1) is 15.0. The average Bonchev–Trinajstić information content (AvgIpc) is 3.09. The monoisotopic (exact) mass is 479 g/mol. The van der Waals surface area contributed by atoms with E-state index in [1.165, 1.54) is 70.6 Å². The Kier molecular flexibility index (Phi) is 17.9. The summed E-state index contributed by atoms with van der Waals surface area (Å²) >= 11 is 1.15. The van der Waals surface area contributed by atoms with Gasteiger partial charge in [0.05, 0.1) is 19.3 Å². The maximum Gasteiger partial charge on any atom is 0.388 e. The molecule has 184 valence electrons. The molecule has 2 unspecified atom stereocenters. The largest absolute Gasteiger partial charge is 0.396 e. The molecule has 1 heterocycles. The van der Waals surface area contributed by atoms with E-state index in [1.54, 1.807) is 6.26 Å². The zero-order valence-corrected chi connectivity index (χ0v) is 21.7. The standard InChI is InChI=1S/C22H47BNO5PS/c1-31-30(26,28-19-21-20(24)18-22(23)29-21)27-17-15-13-11-9-7-5-3-2-4-6-8-10-12-14-16-25/h20-22,25H,2-19,23-24H2,1H3/t20?,21-,22-,30?/m1/s1. The third-order valence-corrected chi connectivity index (χ3v) is 9.30. The van der Waals surface area contributed by atoms with E-state index in [0.29, 0.717) is 13.2 Å². The summed E-state index contributed by atoms with van der Waals surface area (Å²) in [6, 6.07) is 0.0682. The first-order valence-electron chi connectivity index (χ1n) is 12.5. The number of unbranched alkanes of at least 4 members (excludes halogenated alkanes) is 13. The minimum absolute atomic E-state index is 0.0623. The second-order valence-electron chi connectivity index (χ2n) is 8.82. The number of hydrogen-bond donors (Lipinski definition) is 2. The normalized spacial score (nSPS) is 23.3. The molecule has 9 heteroatoms. The van der Waals surface area contributed by atoms with Crippen LogP contribution in [0.25, 0.3) is 0 Å². The van der Waals surface area contributed by atoms with Gasteiger partial charge in [-0.2, -0.15) is 0 Å². The molecule has 3 N–H and O–H groups in total. The number of nitrogens with two attached hydrogens (primary N) is 1. The fraction of sp³-hybridized carbons (Fsp3) is 1.00. The smallest absolute Gasteiger partial charge is 0.388 e. The third kappa shape index (κ3) is 15.1. The van der Waals surface area contributed by atoms with Gasteiger partial charge in [-0.3, -0.25) is 4.52 Å². The van der Waals surface area contributed by atoms with Crippen LogP contribution in [0.1, 0.15) is 96.3 Å². The van der Waals surface area contributed by atoms with E-state index in [9.17, 15) is 4.57 Å². The first-order valence-corrected chi connectivity index (χ1v) is 15.8. The van der Waals surface area contributed by atoms with Gasteiger partial charge >= 0.3 is 6.80 Å². The van der Waals surface area contributed by atoms with E-state index in [4.69, 9.17) is 24.6 Å². The molecule has 1 rings (SSSR count). The van der Waals surface area contributed by atoms with E-state index in [2.05, 4.69) is 0 Å². The second-order valence-corrected chi connectivity index (χ2v) is 13.0. The molecule has 6 nitrogen and oxygen atoms in total. The van der Waals surface area contributed by atoms with Gasteiger partial charge in [-0.15, -0.1) is 0 Å². The Morgan fingerprint density at radius 1 is 0.935 bits per heavy atom. The van der Waals surface area contributed by atoms with Gasteiger partial charge < -0.3 is 20.1 Å². The first kappa shape index (κ1) is 29.5. The van der Waals surface area contributed by atoms with Crippen LogP contribution in [-0.2, 0) is 18.3 Å². The third-order valence-electron chi connectivity index (χ3n) is 5.91. The van der Waals surface area contributed by atoms with Crippen LogP contribution in [-0.4, -0.2) is 57.2 Å². The highest BCUT2D eigenvalue weighted by Gasteiger charge is 2.33. The quantitative estimate of drug-likeness (QED) is 0.136. The minimum Gasteiger partial charge on any atom is -0.396 e. The van der Waals surface area contributed by atoms with Gasteiger partial charge in [-0.1, -0.05) is 77.0 Å². The molecule has 0 bridgehead atoms. The van der Waals surface area contributed by atoms with Crippen molar-refractivity contribution in [1.82, 2.24) is 0 Å². The van der Waals surface area contributed by atoms with Crippen molar-refractivity contribution in [2.75, 3.05) is 26.1 Å². The molecule has 31 heavy (non-hydrogen) atoms. The van der Waals surface area contributed by atoms with E-state index in [0.717, 1.165) is 37.1 Å². The molecular formula is C22H47BNO5PS. The lowest BCUT2D eigenvalue weighted by Gasteiger charge is -2.20. The summed E-state index contributed by atoms with van der Waals surface area (Å²) in [5.41, 5.74) is 6.03. The van der Waals surface area contributed by atoms with Gasteiger partial charge in [-0.25, -0.2) is 4.57 Å². The maximum absolute atomic E-state index is 12.7. The molecule has 1 aliphatic rings. The Morgan fingerprint density at radius 2 is 1.42 bits per heavy atom. The van der Waals surface area contributed by atoms with Crippen molar-refractivity contribution in [3.8, 4) is 0 Å². The Balaban J connectivity index is 1.90. The predicted octanol–water partition coefficient (Wildman–Crippen LogP) is 5.02.